The van der Waals surface area contributed by atoms with Crippen LogP contribution in [0, 0.1) is 11.8 Å². The maximum absolute atomic E-state index is 13.2. The number of ether oxygens (including phenoxy) is 3. The van der Waals surface area contributed by atoms with Gasteiger partial charge in [0.2, 0.25) is 16.3 Å². The van der Waals surface area contributed by atoms with E-state index in [1.807, 2.05) is 6.08 Å². The van der Waals surface area contributed by atoms with Crippen LogP contribution in [-0.4, -0.2) is 68.4 Å². The highest BCUT2D eigenvalue weighted by atomic mass is 32.2. The number of methoxy groups -OCH3 is 1. The van der Waals surface area contributed by atoms with Gasteiger partial charge in [0, 0.05) is 25.7 Å². The quantitative estimate of drug-likeness (QED) is 0.404. The van der Waals surface area contributed by atoms with Crippen molar-refractivity contribution in [3.05, 3.63) is 60.6 Å². The molecule has 11 heteroatoms. The summed E-state index contributed by atoms with van der Waals surface area (Å²) in [4.78, 5) is 17.2. The molecule has 1 aromatic heterocycles. The van der Waals surface area contributed by atoms with Crippen molar-refractivity contribution in [1.29, 1.82) is 0 Å². The molecule has 0 spiro atoms. The summed E-state index contributed by atoms with van der Waals surface area (Å²) in [5.41, 5.74) is 0.563. The Labute approximate surface area is 230 Å². The Balaban J connectivity index is 1.42. The first-order valence-electron chi connectivity index (χ1n) is 13.4. The van der Waals surface area contributed by atoms with Crippen molar-refractivity contribution in [1.82, 2.24) is 9.29 Å². The van der Waals surface area contributed by atoms with Gasteiger partial charge < -0.3 is 24.6 Å². The molecule has 1 aliphatic carbocycles. The molecule has 39 heavy (non-hydrogen) atoms. The number of nitrogens with zero attached hydrogens (tertiary/aromatic N) is 2. The lowest BCUT2D eigenvalue weighted by molar-refractivity contribution is -0.149. The number of rotatable bonds is 12. The number of nitrogens with one attached hydrogen (secondary N) is 1. The van der Waals surface area contributed by atoms with E-state index in [4.69, 9.17) is 14.2 Å². The zero-order chi connectivity index (χ0) is 27.7. The molecule has 0 bridgehead atoms. The number of anilines is 1. The number of allylic oxidation sites excluding steroid dienone is 1. The van der Waals surface area contributed by atoms with E-state index in [9.17, 15) is 18.3 Å². The number of hydrogen-bond donors (Lipinski definition) is 2. The van der Waals surface area contributed by atoms with E-state index >= 15 is 0 Å². The van der Waals surface area contributed by atoms with Gasteiger partial charge in [0.1, 0.15) is 5.75 Å². The fourth-order valence-electron chi connectivity index (χ4n) is 5.11. The largest absolute Gasteiger partial charge is 0.497 e. The minimum absolute atomic E-state index is 0.0177. The van der Waals surface area contributed by atoms with E-state index < -0.39 is 16.3 Å². The SMILES string of the molecule is COc1ccc(S(=O)(=O)N(CCO)CCO[C@H]2C[C@@H](C3CCCCC3)C=C(C(=O)Nc3cccnc3)O2)cc1. The van der Waals surface area contributed by atoms with E-state index in [1.165, 1.54) is 30.0 Å². The molecule has 1 saturated carbocycles. The van der Waals surface area contributed by atoms with Crippen LogP contribution in [0.5, 0.6) is 5.75 Å². The van der Waals surface area contributed by atoms with Crippen LogP contribution in [0.1, 0.15) is 38.5 Å². The Kier molecular flexibility index (Phi) is 10.3. The number of pyridine rings is 1. The highest BCUT2D eigenvalue weighted by Crippen LogP contribution is 2.37. The van der Waals surface area contributed by atoms with Crippen LogP contribution in [0.2, 0.25) is 0 Å². The normalized spacial score (nSPS) is 20.2. The summed E-state index contributed by atoms with van der Waals surface area (Å²) in [5, 5.41) is 12.3. The molecule has 2 heterocycles. The van der Waals surface area contributed by atoms with E-state index in [0.29, 0.717) is 23.8 Å². The first-order valence-corrected chi connectivity index (χ1v) is 14.8. The second-order valence-corrected chi connectivity index (χ2v) is 11.7. The summed E-state index contributed by atoms with van der Waals surface area (Å²) in [6.45, 7) is -0.355. The van der Waals surface area contributed by atoms with Crippen LogP contribution < -0.4 is 10.1 Å². The fourth-order valence-corrected chi connectivity index (χ4v) is 6.53. The minimum atomic E-state index is -3.86. The van der Waals surface area contributed by atoms with Crippen LogP contribution in [0.15, 0.2) is 65.5 Å². The minimum Gasteiger partial charge on any atom is -0.497 e. The van der Waals surface area contributed by atoms with Gasteiger partial charge in [0.05, 0.1) is 37.1 Å². The van der Waals surface area contributed by atoms with Gasteiger partial charge in [0.15, 0.2) is 5.76 Å². The zero-order valence-electron chi connectivity index (χ0n) is 22.2. The van der Waals surface area contributed by atoms with Crippen LogP contribution in [0.25, 0.3) is 0 Å². The first-order chi connectivity index (χ1) is 18.9. The lowest BCUT2D eigenvalue weighted by Crippen LogP contribution is -2.38. The van der Waals surface area contributed by atoms with Gasteiger partial charge in [-0.15, -0.1) is 0 Å². The molecule has 2 aromatic rings. The first kappa shape index (κ1) is 29.0. The molecule has 2 atom stereocenters. The third-order valence-corrected chi connectivity index (χ3v) is 9.09. The van der Waals surface area contributed by atoms with E-state index in [1.54, 1.807) is 36.7 Å². The Morgan fingerprint density at radius 1 is 1.15 bits per heavy atom. The standard InChI is InChI=1S/C28H37N3O7S/c1-36-24-9-11-25(12-10-24)39(34,35)31(14-16-32)15-17-37-27-19-22(21-6-3-2-4-7-21)18-26(38-27)28(33)30-23-8-5-13-29-20-23/h5,8-13,18,20-22,27,32H,2-4,6-7,14-17,19H2,1H3,(H,30,33)/t22-,27+/m0/s1. The average Bonchev–Trinajstić information content (AvgIpc) is 2.97. The van der Waals surface area contributed by atoms with Gasteiger partial charge in [-0.05, 0) is 67.2 Å². The number of aromatic nitrogens is 1. The maximum Gasteiger partial charge on any atom is 0.290 e. The van der Waals surface area contributed by atoms with Crippen molar-refractivity contribution in [3.8, 4) is 5.75 Å². The summed E-state index contributed by atoms with van der Waals surface area (Å²) in [5.74, 6) is 0.931. The maximum atomic E-state index is 13.2. The molecule has 1 aliphatic heterocycles. The van der Waals surface area contributed by atoms with Gasteiger partial charge >= 0.3 is 0 Å². The molecule has 0 radical (unpaired) electrons. The topological polar surface area (TPSA) is 127 Å². The number of carbonyl (C=O) groups excluding carboxylic acids is 1. The van der Waals surface area contributed by atoms with Crippen molar-refractivity contribution in [2.24, 2.45) is 11.8 Å². The van der Waals surface area contributed by atoms with Crippen molar-refractivity contribution < 1.29 is 32.5 Å². The third-order valence-electron chi connectivity index (χ3n) is 7.18. The van der Waals surface area contributed by atoms with E-state index in [0.717, 1.165) is 25.7 Å². The molecular weight excluding hydrogens is 522 g/mol. The molecule has 1 amide bonds. The Morgan fingerprint density at radius 2 is 1.92 bits per heavy atom. The molecule has 212 valence electrons. The monoisotopic (exact) mass is 559 g/mol. The van der Waals surface area contributed by atoms with Gasteiger partial charge in [0.25, 0.3) is 5.91 Å². The van der Waals surface area contributed by atoms with E-state index in [2.05, 4.69) is 10.3 Å². The Morgan fingerprint density at radius 3 is 2.59 bits per heavy atom. The lowest BCUT2D eigenvalue weighted by Gasteiger charge is -2.35. The number of benzene rings is 1. The number of aliphatic hydroxyl groups excluding tert-OH is 1. The summed E-state index contributed by atoms with van der Waals surface area (Å²) in [6, 6.07) is 9.57. The van der Waals surface area contributed by atoms with Crippen LogP contribution in [-0.2, 0) is 24.3 Å². The van der Waals surface area contributed by atoms with Crippen molar-refractivity contribution in [2.45, 2.75) is 49.7 Å². The third kappa shape index (κ3) is 7.78. The lowest BCUT2D eigenvalue weighted by atomic mass is 9.77. The molecule has 4 rings (SSSR count). The number of amides is 1. The smallest absolute Gasteiger partial charge is 0.290 e. The predicted octanol–water partition coefficient (Wildman–Crippen LogP) is 3.56. The highest BCUT2D eigenvalue weighted by molar-refractivity contribution is 7.89. The fraction of sp³-hybridized carbons (Fsp3) is 0.500. The van der Waals surface area contributed by atoms with Crippen LogP contribution >= 0.6 is 0 Å². The number of aliphatic hydroxyl groups is 1. The predicted molar refractivity (Wildman–Crippen MR) is 145 cm³/mol. The molecule has 2 aliphatic rings. The van der Waals surface area contributed by atoms with Crippen molar-refractivity contribution >= 4 is 21.6 Å². The Hall–Kier alpha value is -2.99. The number of hydrogen-bond acceptors (Lipinski definition) is 8. The van der Waals surface area contributed by atoms with Crippen LogP contribution in [0.4, 0.5) is 5.69 Å². The van der Waals surface area contributed by atoms with Crippen molar-refractivity contribution in [3.63, 3.8) is 0 Å². The average molecular weight is 560 g/mol. The molecule has 1 aromatic carbocycles. The van der Waals surface area contributed by atoms with Crippen molar-refractivity contribution in [2.75, 3.05) is 38.7 Å². The molecule has 2 N–H and O–H groups in total. The molecule has 10 nitrogen and oxygen atoms in total. The summed E-state index contributed by atoms with van der Waals surface area (Å²) in [7, 11) is -2.35. The highest BCUT2D eigenvalue weighted by Gasteiger charge is 2.33. The van der Waals surface area contributed by atoms with Gasteiger partial charge in [-0.1, -0.05) is 19.3 Å². The van der Waals surface area contributed by atoms with Crippen LogP contribution in [0.3, 0.4) is 0 Å². The van der Waals surface area contributed by atoms with Gasteiger partial charge in [-0.3, -0.25) is 9.78 Å². The number of sulfonamides is 1. The second-order valence-electron chi connectivity index (χ2n) is 9.75. The summed E-state index contributed by atoms with van der Waals surface area (Å²) < 4.78 is 44.7. The van der Waals surface area contributed by atoms with Gasteiger partial charge in [-0.2, -0.15) is 4.31 Å². The molecule has 1 fully saturated rings. The summed E-state index contributed by atoms with van der Waals surface area (Å²) >= 11 is 0. The van der Waals surface area contributed by atoms with Gasteiger partial charge in [-0.25, -0.2) is 8.42 Å². The number of carbonyl (C=O) groups is 1. The molecule has 0 saturated heterocycles. The zero-order valence-corrected chi connectivity index (χ0v) is 23.0. The molecular formula is C28H37N3O7S. The second kappa shape index (κ2) is 13.9. The van der Waals surface area contributed by atoms with E-state index in [-0.39, 0.29) is 48.8 Å². The molecule has 0 unspecified atom stereocenters. The Bertz CT molecular complexity index is 1200. The summed E-state index contributed by atoms with van der Waals surface area (Å²) in [6.07, 6.45) is 10.7.